The summed E-state index contributed by atoms with van der Waals surface area (Å²) >= 11 is 0. The summed E-state index contributed by atoms with van der Waals surface area (Å²) in [7, 11) is 0. The number of nitrogens with one attached hydrogen (secondary N) is 2. The molecule has 1 fully saturated rings. The quantitative estimate of drug-likeness (QED) is 0.838. The van der Waals surface area contributed by atoms with Crippen LogP contribution >= 0.6 is 0 Å². The third-order valence-electron chi connectivity index (χ3n) is 3.25. The highest BCUT2D eigenvalue weighted by Crippen LogP contribution is 2.27. The minimum absolute atomic E-state index is 0.0827. The number of ether oxygens (including phenoxy) is 1. The number of anilines is 1. The van der Waals surface area contributed by atoms with Crippen molar-refractivity contribution < 1.29 is 22.7 Å². The summed E-state index contributed by atoms with van der Waals surface area (Å²) in [5.74, 6) is -3.95. The first-order valence-corrected chi connectivity index (χ1v) is 7.05. The molecule has 1 amide bonds. The molecule has 0 atom stereocenters. The van der Waals surface area contributed by atoms with Gasteiger partial charge in [-0.15, -0.1) is 0 Å². The average molecular weight is 316 g/mol. The van der Waals surface area contributed by atoms with Crippen LogP contribution in [0.5, 0.6) is 0 Å². The summed E-state index contributed by atoms with van der Waals surface area (Å²) in [6, 6.07) is 1.83. The van der Waals surface area contributed by atoms with Gasteiger partial charge in [-0.2, -0.15) is 0 Å². The molecule has 0 unspecified atom stereocenters. The molecule has 122 valence electrons. The van der Waals surface area contributed by atoms with Gasteiger partial charge in [-0.05, 0) is 45.7 Å². The van der Waals surface area contributed by atoms with Gasteiger partial charge in [0.15, 0.2) is 17.5 Å². The Bertz CT molecular complexity index is 567. The molecule has 0 spiro atoms. The predicted molar refractivity (Wildman–Crippen MR) is 76.1 cm³/mol. The molecule has 2 N–H and O–H groups in total. The van der Waals surface area contributed by atoms with Crippen molar-refractivity contribution in [3.05, 3.63) is 29.6 Å². The third kappa shape index (κ3) is 4.05. The van der Waals surface area contributed by atoms with E-state index in [1.165, 1.54) is 0 Å². The highest BCUT2D eigenvalue weighted by molar-refractivity contribution is 5.68. The van der Waals surface area contributed by atoms with Crippen molar-refractivity contribution in [3.63, 3.8) is 0 Å². The van der Waals surface area contributed by atoms with Crippen LogP contribution in [-0.4, -0.2) is 23.8 Å². The van der Waals surface area contributed by atoms with Crippen molar-refractivity contribution >= 4 is 11.8 Å². The van der Waals surface area contributed by atoms with E-state index in [0.717, 1.165) is 12.1 Å². The van der Waals surface area contributed by atoms with Gasteiger partial charge in [0, 0.05) is 12.1 Å². The second kappa shape index (κ2) is 6.06. The molecule has 1 saturated carbocycles. The Morgan fingerprint density at radius 2 is 1.77 bits per heavy atom. The molecule has 2 rings (SSSR count). The van der Waals surface area contributed by atoms with Crippen molar-refractivity contribution in [2.45, 2.75) is 51.3 Å². The van der Waals surface area contributed by atoms with Gasteiger partial charge in [0.1, 0.15) is 5.60 Å². The number of rotatable bonds is 3. The van der Waals surface area contributed by atoms with E-state index in [4.69, 9.17) is 4.74 Å². The van der Waals surface area contributed by atoms with Crippen LogP contribution in [-0.2, 0) is 4.74 Å². The van der Waals surface area contributed by atoms with E-state index in [-0.39, 0.29) is 17.8 Å². The monoisotopic (exact) mass is 316 g/mol. The lowest BCUT2D eigenvalue weighted by Crippen LogP contribution is -2.50. The van der Waals surface area contributed by atoms with Gasteiger partial charge < -0.3 is 15.4 Å². The summed E-state index contributed by atoms with van der Waals surface area (Å²) in [6.07, 6.45) is 0.602. The maximum Gasteiger partial charge on any atom is 0.407 e. The van der Waals surface area contributed by atoms with Gasteiger partial charge in [0.25, 0.3) is 0 Å². The summed E-state index contributed by atoms with van der Waals surface area (Å²) in [4.78, 5) is 11.6. The topological polar surface area (TPSA) is 50.4 Å². The molecule has 0 aliphatic heterocycles. The smallest absolute Gasteiger partial charge is 0.407 e. The van der Waals surface area contributed by atoms with E-state index >= 15 is 0 Å². The van der Waals surface area contributed by atoms with Crippen LogP contribution in [0.15, 0.2) is 12.1 Å². The predicted octanol–water partition coefficient (Wildman–Crippen LogP) is 3.57. The van der Waals surface area contributed by atoms with Crippen LogP contribution < -0.4 is 10.6 Å². The first kappa shape index (κ1) is 16.5. The number of amides is 1. The lowest BCUT2D eigenvalue weighted by molar-refractivity contribution is 0.0475. The molecule has 1 aromatic carbocycles. The van der Waals surface area contributed by atoms with Gasteiger partial charge >= 0.3 is 6.09 Å². The van der Waals surface area contributed by atoms with Crippen LogP contribution in [0.1, 0.15) is 33.6 Å². The van der Waals surface area contributed by atoms with E-state index in [2.05, 4.69) is 10.6 Å². The minimum Gasteiger partial charge on any atom is -0.444 e. The fraction of sp³-hybridized carbons (Fsp3) is 0.533. The molecule has 0 aromatic heterocycles. The van der Waals surface area contributed by atoms with Crippen molar-refractivity contribution in [1.29, 1.82) is 0 Å². The molecule has 1 aliphatic carbocycles. The lowest BCUT2D eigenvalue weighted by Gasteiger charge is -2.37. The highest BCUT2D eigenvalue weighted by Gasteiger charge is 2.32. The number of alkyl carbamates (subject to hydrolysis) is 1. The van der Waals surface area contributed by atoms with Crippen molar-refractivity contribution in [3.8, 4) is 0 Å². The van der Waals surface area contributed by atoms with Crippen LogP contribution in [0.25, 0.3) is 0 Å². The SMILES string of the molecule is CC(C)(C)OC(=O)NC1CC(Nc2ccc(F)c(F)c2F)C1. The first-order chi connectivity index (χ1) is 10.2. The summed E-state index contributed by atoms with van der Waals surface area (Å²) in [6.45, 7) is 5.30. The van der Waals surface area contributed by atoms with Crippen molar-refractivity contribution in [2.75, 3.05) is 5.32 Å². The fourth-order valence-corrected chi connectivity index (χ4v) is 2.19. The molecule has 1 aromatic rings. The maximum absolute atomic E-state index is 13.5. The summed E-state index contributed by atoms with van der Waals surface area (Å²) in [5, 5.41) is 5.49. The van der Waals surface area contributed by atoms with E-state index in [1.54, 1.807) is 20.8 Å². The van der Waals surface area contributed by atoms with Crippen LogP contribution in [0, 0.1) is 17.5 Å². The van der Waals surface area contributed by atoms with Crippen LogP contribution in [0.2, 0.25) is 0 Å². The molecular weight excluding hydrogens is 297 g/mol. The van der Waals surface area contributed by atoms with Crippen molar-refractivity contribution in [2.24, 2.45) is 0 Å². The average Bonchev–Trinajstić information content (AvgIpc) is 2.34. The zero-order valence-corrected chi connectivity index (χ0v) is 12.7. The molecule has 7 heteroatoms. The molecule has 0 bridgehead atoms. The molecule has 0 saturated heterocycles. The molecule has 0 heterocycles. The minimum atomic E-state index is -1.49. The fourth-order valence-electron chi connectivity index (χ4n) is 2.19. The summed E-state index contributed by atoms with van der Waals surface area (Å²) < 4.78 is 44.6. The van der Waals surface area contributed by atoms with Gasteiger partial charge in [0.05, 0.1) is 5.69 Å². The highest BCUT2D eigenvalue weighted by atomic mass is 19.2. The first-order valence-electron chi connectivity index (χ1n) is 7.05. The molecular formula is C15H19F3N2O2. The van der Waals surface area contributed by atoms with Gasteiger partial charge in [0.2, 0.25) is 0 Å². The van der Waals surface area contributed by atoms with Gasteiger partial charge in [-0.1, -0.05) is 0 Å². The number of benzene rings is 1. The Kier molecular flexibility index (Phi) is 4.53. The lowest BCUT2D eigenvalue weighted by atomic mass is 9.86. The Balaban J connectivity index is 1.81. The number of hydrogen-bond acceptors (Lipinski definition) is 3. The van der Waals surface area contributed by atoms with Crippen LogP contribution in [0.4, 0.5) is 23.7 Å². The Labute approximate surface area is 127 Å². The maximum atomic E-state index is 13.5. The van der Waals surface area contributed by atoms with E-state index in [0.29, 0.717) is 12.8 Å². The Hall–Kier alpha value is -1.92. The molecule has 4 nitrogen and oxygen atoms in total. The number of hydrogen-bond donors (Lipinski definition) is 2. The van der Waals surface area contributed by atoms with Gasteiger partial charge in [-0.25, -0.2) is 18.0 Å². The number of carbonyl (C=O) groups is 1. The van der Waals surface area contributed by atoms with Crippen molar-refractivity contribution in [1.82, 2.24) is 5.32 Å². The number of halogens is 3. The zero-order chi connectivity index (χ0) is 16.5. The molecule has 22 heavy (non-hydrogen) atoms. The largest absolute Gasteiger partial charge is 0.444 e. The Morgan fingerprint density at radius 3 is 2.36 bits per heavy atom. The molecule has 1 aliphatic rings. The third-order valence-corrected chi connectivity index (χ3v) is 3.25. The standard InChI is InChI=1S/C15H19F3N2O2/c1-15(2,3)22-14(21)20-9-6-8(7-9)19-11-5-4-10(16)12(17)13(11)18/h4-5,8-9,19H,6-7H2,1-3H3,(H,20,21). The normalized spacial score (nSPS) is 21.0. The zero-order valence-electron chi connectivity index (χ0n) is 12.7. The summed E-state index contributed by atoms with van der Waals surface area (Å²) in [5.41, 5.74) is -0.653. The van der Waals surface area contributed by atoms with E-state index in [1.807, 2.05) is 0 Å². The second-order valence-corrected chi connectivity index (χ2v) is 6.38. The van der Waals surface area contributed by atoms with Crippen LogP contribution in [0.3, 0.4) is 0 Å². The Morgan fingerprint density at radius 1 is 1.14 bits per heavy atom. The second-order valence-electron chi connectivity index (χ2n) is 6.38. The van der Waals surface area contributed by atoms with E-state index < -0.39 is 29.1 Å². The number of carbonyl (C=O) groups excluding carboxylic acids is 1. The van der Waals surface area contributed by atoms with E-state index in [9.17, 15) is 18.0 Å². The molecule has 0 radical (unpaired) electrons. The van der Waals surface area contributed by atoms with Gasteiger partial charge in [-0.3, -0.25) is 0 Å².